The minimum Gasteiger partial charge on any atom is -0.490 e. The second-order valence-corrected chi connectivity index (χ2v) is 5.57. The minimum absolute atomic E-state index is 0.240. The molecule has 0 heterocycles. The largest absolute Gasteiger partial charge is 0.490 e. The minimum atomic E-state index is -0.525. The van der Waals surface area contributed by atoms with E-state index in [2.05, 4.69) is 18.7 Å². The molecule has 0 saturated heterocycles. The SMILES string of the molecule is CCCN(CCC)CC(O)COc1ccccc1C(N)=S. The van der Waals surface area contributed by atoms with Gasteiger partial charge < -0.3 is 20.5 Å². The van der Waals surface area contributed by atoms with Gasteiger partial charge in [0.15, 0.2) is 0 Å². The number of rotatable bonds is 10. The van der Waals surface area contributed by atoms with Crippen molar-refractivity contribution >= 4 is 17.2 Å². The number of thiocarbonyl (C=S) groups is 1. The molecule has 1 atom stereocenters. The normalized spacial score (nSPS) is 12.4. The van der Waals surface area contributed by atoms with Gasteiger partial charge in [-0.25, -0.2) is 0 Å². The van der Waals surface area contributed by atoms with Crippen molar-refractivity contribution < 1.29 is 9.84 Å². The van der Waals surface area contributed by atoms with Gasteiger partial charge in [0.1, 0.15) is 23.4 Å². The van der Waals surface area contributed by atoms with Crippen LogP contribution in [0.5, 0.6) is 5.75 Å². The number of aliphatic hydroxyl groups excluding tert-OH is 1. The second kappa shape index (κ2) is 9.71. The Labute approximate surface area is 132 Å². The molecule has 4 nitrogen and oxygen atoms in total. The Morgan fingerprint density at radius 1 is 1.29 bits per heavy atom. The maximum atomic E-state index is 10.1. The standard InChI is InChI=1S/C16H26N2O2S/c1-3-9-18(10-4-2)11-13(19)12-20-15-8-6-5-7-14(15)16(17)21/h5-8,13,19H,3-4,9-12H2,1-2H3,(H2,17,21). The molecule has 0 saturated carbocycles. The smallest absolute Gasteiger partial charge is 0.129 e. The van der Waals surface area contributed by atoms with Gasteiger partial charge in [-0.3, -0.25) is 0 Å². The molecule has 21 heavy (non-hydrogen) atoms. The summed E-state index contributed by atoms with van der Waals surface area (Å²) in [5, 5.41) is 10.1. The quantitative estimate of drug-likeness (QED) is 0.649. The summed E-state index contributed by atoms with van der Waals surface area (Å²) in [6.07, 6.45) is 1.64. The van der Waals surface area contributed by atoms with Crippen LogP contribution in [0.2, 0.25) is 0 Å². The Hall–Kier alpha value is -1.17. The van der Waals surface area contributed by atoms with E-state index in [9.17, 15) is 5.11 Å². The lowest BCUT2D eigenvalue weighted by Crippen LogP contribution is -2.36. The lowest BCUT2D eigenvalue weighted by molar-refractivity contribution is 0.0681. The molecule has 1 rings (SSSR count). The van der Waals surface area contributed by atoms with Crippen LogP contribution in [-0.2, 0) is 0 Å². The molecule has 5 heteroatoms. The summed E-state index contributed by atoms with van der Waals surface area (Å²) in [6, 6.07) is 7.37. The number of nitrogens with zero attached hydrogens (tertiary/aromatic N) is 1. The van der Waals surface area contributed by atoms with Gasteiger partial charge in [-0.1, -0.05) is 38.2 Å². The zero-order valence-corrected chi connectivity index (χ0v) is 13.7. The molecule has 0 bridgehead atoms. The van der Waals surface area contributed by atoms with Gasteiger partial charge in [0.2, 0.25) is 0 Å². The van der Waals surface area contributed by atoms with Crippen LogP contribution in [0, 0.1) is 0 Å². The predicted molar refractivity (Wildman–Crippen MR) is 90.9 cm³/mol. The predicted octanol–water partition coefficient (Wildman–Crippen LogP) is 2.18. The van der Waals surface area contributed by atoms with E-state index in [-0.39, 0.29) is 6.61 Å². The molecule has 0 fully saturated rings. The van der Waals surface area contributed by atoms with E-state index < -0.39 is 6.10 Å². The van der Waals surface area contributed by atoms with Crippen molar-refractivity contribution in [2.24, 2.45) is 5.73 Å². The van der Waals surface area contributed by atoms with Crippen LogP contribution in [0.4, 0.5) is 0 Å². The summed E-state index contributed by atoms with van der Waals surface area (Å²) in [6.45, 7) is 7.14. The molecule has 0 amide bonds. The molecule has 0 aromatic heterocycles. The number of ether oxygens (including phenoxy) is 1. The second-order valence-electron chi connectivity index (χ2n) is 5.13. The van der Waals surface area contributed by atoms with Gasteiger partial charge in [0.25, 0.3) is 0 Å². The third kappa shape index (κ3) is 6.42. The first kappa shape index (κ1) is 17.9. The third-order valence-corrected chi connectivity index (χ3v) is 3.35. The Balaban J connectivity index is 2.52. The first-order valence-corrected chi connectivity index (χ1v) is 7.91. The van der Waals surface area contributed by atoms with Crippen molar-refractivity contribution in [3.05, 3.63) is 29.8 Å². The molecule has 0 aliphatic rings. The average Bonchev–Trinajstić information content (AvgIpc) is 2.46. The maximum absolute atomic E-state index is 10.1. The number of hydrogen-bond acceptors (Lipinski definition) is 4. The molecule has 3 N–H and O–H groups in total. The van der Waals surface area contributed by atoms with Crippen molar-refractivity contribution in [1.29, 1.82) is 0 Å². The van der Waals surface area contributed by atoms with Crippen molar-refractivity contribution in [3.63, 3.8) is 0 Å². The molecule has 0 aliphatic carbocycles. The molecular formula is C16H26N2O2S. The van der Waals surface area contributed by atoms with Gasteiger partial charge in [0, 0.05) is 6.54 Å². The van der Waals surface area contributed by atoms with E-state index in [1.54, 1.807) is 0 Å². The highest BCUT2D eigenvalue weighted by molar-refractivity contribution is 7.80. The van der Waals surface area contributed by atoms with Gasteiger partial charge in [-0.2, -0.15) is 0 Å². The van der Waals surface area contributed by atoms with Crippen molar-refractivity contribution in [2.45, 2.75) is 32.8 Å². The number of para-hydroxylation sites is 1. The van der Waals surface area contributed by atoms with Gasteiger partial charge in [0.05, 0.1) is 5.56 Å². The highest BCUT2D eigenvalue weighted by Crippen LogP contribution is 2.17. The van der Waals surface area contributed by atoms with Gasteiger partial charge >= 0.3 is 0 Å². The summed E-state index contributed by atoms with van der Waals surface area (Å²) in [7, 11) is 0. The van der Waals surface area contributed by atoms with Crippen LogP contribution in [0.25, 0.3) is 0 Å². The molecule has 1 aromatic carbocycles. The van der Waals surface area contributed by atoms with Crippen LogP contribution < -0.4 is 10.5 Å². The van der Waals surface area contributed by atoms with Gasteiger partial charge in [-0.15, -0.1) is 0 Å². The monoisotopic (exact) mass is 310 g/mol. The van der Waals surface area contributed by atoms with Crippen LogP contribution in [0.15, 0.2) is 24.3 Å². The summed E-state index contributed by atoms with van der Waals surface area (Å²) in [4.78, 5) is 2.56. The molecule has 0 radical (unpaired) electrons. The van der Waals surface area contributed by atoms with Crippen LogP contribution in [0.1, 0.15) is 32.3 Å². The molecule has 118 valence electrons. The third-order valence-electron chi connectivity index (χ3n) is 3.13. The Kier molecular flexibility index (Phi) is 8.27. The molecule has 0 aliphatic heterocycles. The number of benzene rings is 1. The lowest BCUT2D eigenvalue weighted by Gasteiger charge is -2.24. The highest BCUT2D eigenvalue weighted by Gasteiger charge is 2.13. The maximum Gasteiger partial charge on any atom is 0.129 e. The Morgan fingerprint density at radius 3 is 2.48 bits per heavy atom. The number of nitrogens with two attached hydrogens (primary N) is 1. The van der Waals surface area contributed by atoms with Crippen molar-refractivity contribution in [1.82, 2.24) is 4.90 Å². The zero-order valence-electron chi connectivity index (χ0n) is 12.9. The van der Waals surface area contributed by atoms with Crippen molar-refractivity contribution in [2.75, 3.05) is 26.2 Å². The fourth-order valence-electron chi connectivity index (χ4n) is 2.26. The zero-order chi connectivity index (χ0) is 15.7. The van der Waals surface area contributed by atoms with Crippen LogP contribution in [0.3, 0.4) is 0 Å². The number of aliphatic hydroxyl groups is 1. The fourth-order valence-corrected chi connectivity index (χ4v) is 2.43. The van der Waals surface area contributed by atoms with E-state index >= 15 is 0 Å². The summed E-state index contributed by atoms with van der Waals surface area (Å²) in [5.41, 5.74) is 6.37. The van der Waals surface area contributed by atoms with E-state index in [1.807, 2.05) is 24.3 Å². The molecule has 1 unspecified atom stereocenters. The lowest BCUT2D eigenvalue weighted by atomic mass is 10.2. The molecule has 0 spiro atoms. The van der Waals surface area contributed by atoms with E-state index in [1.165, 1.54) is 0 Å². The first-order valence-electron chi connectivity index (χ1n) is 7.50. The summed E-state index contributed by atoms with van der Waals surface area (Å²) >= 11 is 5.00. The van der Waals surface area contributed by atoms with Crippen LogP contribution in [-0.4, -0.2) is 47.3 Å². The number of hydrogen-bond donors (Lipinski definition) is 2. The van der Waals surface area contributed by atoms with Crippen LogP contribution >= 0.6 is 12.2 Å². The van der Waals surface area contributed by atoms with Crippen molar-refractivity contribution in [3.8, 4) is 5.75 Å². The van der Waals surface area contributed by atoms with E-state index in [0.29, 0.717) is 22.8 Å². The van der Waals surface area contributed by atoms with E-state index in [0.717, 1.165) is 25.9 Å². The summed E-state index contributed by atoms with van der Waals surface area (Å²) in [5.74, 6) is 0.626. The Bertz CT molecular complexity index is 434. The topological polar surface area (TPSA) is 58.7 Å². The summed E-state index contributed by atoms with van der Waals surface area (Å²) < 4.78 is 5.67. The Morgan fingerprint density at radius 2 is 1.90 bits per heavy atom. The van der Waals surface area contributed by atoms with Gasteiger partial charge in [-0.05, 0) is 38.1 Å². The highest BCUT2D eigenvalue weighted by atomic mass is 32.1. The average molecular weight is 310 g/mol. The van der Waals surface area contributed by atoms with E-state index in [4.69, 9.17) is 22.7 Å². The fraction of sp³-hybridized carbons (Fsp3) is 0.562. The molecular weight excluding hydrogens is 284 g/mol. The first-order chi connectivity index (χ1) is 10.1. The molecule has 1 aromatic rings.